The summed E-state index contributed by atoms with van der Waals surface area (Å²) in [6.07, 6.45) is -0.579. The van der Waals surface area contributed by atoms with E-state index in [0.29, 0.717) is 24.7 Å². The molecule has 1 heterocycles. The third-order valence-corrected chi connectivity index (χ3v) is 2.71. The summed E-state index contributed by atoms with van der Waals surface area (Å²) in [5, 5.41) is 2.75. The van der Waals surface area contributed by atoms with Gasteiger partial charge in [-0.15, -0.1) is 0 Å². The molecule has 1 atom stereocenters. The van der Waals surface area contributed by atoms with E-state index in [4.69, 9.17) is 32.2 Å². The van der Waals surface area contributed by atoms with Crippen LogP contribution in [0.15, 0.2) is 24.3 Å². The van der Waals surface area contributed by atoms with Crippen molar-refractivity contribution in [3.63, 3.8) is 0 Å². The van der Waals surface area contributed by atoms with Gasteiger partial charge >= 0.3 is 0 Å². The van der Waals surface area contributed by atoms with Crippen LogP contribution in [0.3, 0.4) is 0 Å². The number of thiocarbonyl (C=S) groups is 1. The molecule has 1 amide bonds. The van der Waals surface area contributed by atoms with E-state index < -0.39 is 6.10 Å². The Kier molecular flexibility index (Phi) is 5.28. The van der Waals surface area contributed by atoms with E-state index in [-0.39, 0.29) is 24.1 Å². The number of hydrogen-bond donors (Lipinski definition) is 2. The summed E-state index contributed by atoms with van der Waals surface area (Å²) in [5.41, 5.74) is 5.98. The quantitative estimate of drug-likeness (QED) is 0.779. The first-order valence-electron chi connectivity index (χ1n) is 6.16. The lowest BCUT2D eigenvalue weighted by Gasteiger charge is -2.22. The summed E-state index contributed by atoms with van der Waals surface area (Å²) in [5.74, 6) is 0.340. The number of benzene rings is 1. The molecule has 7 heteroatoms. The molecule has 0 spiro atoms. The fraction of sp³-hybridized carbons (Fsp3) is 0.385. The molecule has 20 heavy (non-hydrogen) atoms. The summed E-state index contributed by atoms with van der Waals surface area (Å²) in [6.45, 7) is 1.37. The van der Waals surface area contributed by atoms with Crippen molar-refractivity contribution in [2.45, 2.75) is 6.10 Å². The monoisotopic (exact) mass is 296 g/mol. The second-order valence-corrected chi connectivity index (χ2v) is 4.73. The van der Waals surface area contributed by atoms with Crippen LogP contribution in [0.5, 0.6) is 5.75 Å². The minimum Gasteiger partial charge on any atom is -0.486 e. The minimum atomic E-state index is -0.579. The van der Waals surface area contributed by atoms with Crippen molar-refractivity contribution >= 4 is 28.8 Å². The van der Waals surface area contributed by atoms with Crippen LogP contribution in [0.4, 0.5) is 5.69 Å². The van der Waals surface area contributed by atoms with E-state index in [9.17, 15) is 4.79 Å². The van der Waals surface area contributed by atoms with Gasteiger partial charge in [0.1, 0.15) is 17.3 Å². The van der Waals surface area contributed by atoms with Crippen LogP contribution < -0.4 is 15.8 Å². The SMILES string of the molecule is NC(=S)COc1cccc(NC(=O)C2COCCO2)c1. The van der Waals surface area contributed by atoms with Crippen molar-refractivity contribution in [3.05, 3.63) is 24.3 Å². The molecule has 0 aromatic heterocycles. The molecule has 0 saturated carbocycles. The van der Waals surface area contributed by atoms with Gasteiger partial charge in [-0.2, -0.15) is 0 Å². The zero-order valence-corrected chi connectivity index (χ0v) is 11.7. The third kappa shape index (κ3) is 4.44. The number of nitrogens with one attached hydrogen (secondary N) is 1. The molecule has 108 valence electrons. The predicted molar refractivity (Wildman–Crippen MR) is 77.9 cm³/mol. The van der Waals surface area contributed by atoms with Gasteiger partial charge in [0.25, 0.3) is 5.91 Å². The average molecular weight is 296 g/mol. The maximum Gasteiger partial charge on any atom is 0.255 e. The lowest BCUT2D eigenvalue weighted by atomic mass is 10.2. The predicted octanol–water partition coefficient (Wildman–Crippen LogP) is 0.705. The van der Waals surface area contributed by atoms with Crippen LogP contribution in [0.2, 0.25) is 0 Å². The minimum absolute atomic E-state index is 0.159. The van der Waals surface area contributed by atoms with Crippen molar-refractivity contribution in [1.82, 2.24) is 0 Å². The fourth-order valence-corrected chi connectivity index (χ4v) is 1.74. The zero-order valence-electron chi connectivity index (χ0n) is 10.8. The van der Waals surface area contributed by atoms with Gasteiger partial charge in [0.05, 0.1) is 19.8 Å². The lowest BCUT2D eigenvalue weighted by Crippen LogP contribution is -2.39. The van der Waals surface area contributed by atoms with Crippen LogP contribution in [-0.4, -0.2) is 43.4 Å². The Labute approximate surface area is 122 Å². The molecule has 0 radical (unpaired) electrons. The number of rotatable bonds is 5. The molecule has 0 bridgehead atoms. The molecule has 0 aliphatic carbocycles. The molecule has 1 unspecified atom stereocenters. The summed E-state index contributed by atoms with van der Waals surface area (Å²) in [6, 6.07) is 6.98. The van der Waals surface area contributed by atoms with Gasteiger partial charge in [0.15, 0.2) is 6.10 Å². The molecule has 1 aromatic rings. The van der Waals surface area contributed by atoms with E-state index in [0.717, 1.165) is 0 Å². The van der Waals surface area contributed by atoms with Crippen LogP contribution in [0.25, 0.3) is 0 Å². The van der Waals surface area contributed by atoms with Gasteiger partial charge in [0.2, 0.25) is 0 Å². The summed E-state index contributed by atoms with van der Waals surface area (Å²) in [4.78, 5) is 12.2. The van der Waals surface area contributed by atoms with Crippen molar-refractivity contribution in [2.75, 3.05) is 31.7 Å². The van der Waals surface area contributed by atoms with E-state index in [2.05, 4.69) is 5.32 Å². The molecule has 1 fully saturated rings. The Bertz CT molecular complexity index is 489. The van der Waals surface area contributed by atoms with Gasteiger partial charge in [-0.25, -0.2) is 0 Å². The Morgan fingerprint density at radius 3 is 3.05 bits per heavy atom. The van der Waals surface area contributed by atoms with E-state index in [1.54, 1.807) is 24.3 Å². The molecule has 2 rings (SSSR count). The highest BCUT2D eigenvalue weighted by molar-refractivity contribution is 7.80. The van der Waals surface area contributed by atoms with Crippen LogP contribution in [-0.2, 0) is 14.3 Å². The van der Waals surface area contributed by atoms with Crippen LogP contribution >= 0.6 is 12.2 Å². The van der Waals surface area contributed by atoms with Gasteiger partial charge < -0.3 is 25.3 Å². The van der Waals surface area contributed by atoms with E-state index in [1.165, 1.54) is 0 Å². The molecule has 1 aliphatic heterocycles. The number of carbonyl (C=O) groups excluding carboxylic acids is 1. The number of carbonyl (C=O) groups is 1. The molecular formula is C13H16N2O4S. The smallest absolute Gasteiger partial charge is 0.255 e. The molecule has 3 N–H and O–H groups in total. The van der Waals surface area contributed by atoms with E-state index >= 15 is 0 Å². The molecule has 1 saturated heterocycles. The maximum atomic E-state index is 11.9. The number of anilines is 1. The van der Waals surface area contributed by atoms with Crippen molar-refractivity contribution < 1.29 is 19.0 Å². The zero-order chi connectivity index (χ0) is 14.4. The second kappa shape index (κ2) is 7.18. The largest absolute Gasteiger partial charge is 0.486 e. The van der Waals surface area contributed by atoms with Gasteiger partial charge in [-0.1, -0.05) is 18.3 Å². The number of ether oxygens (including phenoxy) is 3. The van der Waals surface area contributed by atoms with Crippen molar-refractivity contribution in [2.24, 2.45) is 5.73 Å². The lowest BCUT2D eigenvalue weighted by molar-refractivity contribution is -0.142. The molecule has 1 aliphatic rings. The first-order valence-corrected chi connectivity index (χ1v) is 6.57. The highest BCUT2D eigenvalue weighted by atomic mass is 32.1. The highest BCUT2D eigenvalue weighted by Gasteiger charge is 2.22. The Morgan fingerprint density at radius 2 is 2.35 bits per heavy atom. The summed E-state index contributed by atoms with van der Waals surface area (Å²) in [7, 11) is 0. The molecular weight excluding hydrogens is 280 g/mol. The van der Waals surface area contributed by atoms with Crippen LogP contribution in [0.1, 0.15) is 0 Å². The number of nitrogens with two attached hydrogens (primary N) is 1. The van der Waals surface area contributed by atoms with Gasteiger partial charge in [0, 0.05) is 11.8 Å². The van der Waals surface area contributed by atoms with Gasteiger partial charge in [-0.3, -0.25) is 4.79 Å². The van der Waals surface area contributed by atoms with Crippen molar-refractivity contribution in [1.29, 1.82) is 0 Å². The first-order chi connectivity index (χ1) is 9.65. The Balaban J connectivity index is 1.93. The van der Waals surface area contributed by atoms with E-state index in [1.807, 2.05) is 0 Å². The summed E-state index contributed by atoms with van der Waals surface area (Å²) >= 11 is 4.74. The summed E-state index contributed by atoms with van der Waals surface area (Å²) < 4.78 is 15.9. The topological polar surface area (TPSA) is 82.8 Å². The van der Waals surface area contributed by atoms with Gasteiger partial charge in [-0.05, 0) is 12.1 Å². The standard InChI is InChI=1S/C13H16N2O4S/c14-12(20)8-19-10-3-1-2-9(6-10)15-13(16)11-7-17-4-5-18-11/h1-3,6,11H,4-5,7-8H2,(H2,14,20)(H,15,16). The number of amides is 1. The second-order valence-electron chi connectivity index (χ2n) is 4.21. The Hall–Kier alpha value is -1.70. The maximum absolute atomic E-state index is 11.9. The molecule has 6 nitrogen and oxygen atoms in total. The van der Waals surface area contributed by atoms with Crippen LogP contribution in [0, 0.1) is 0 Å². The fourth-order valence-electron chi connectivity index (χ4n) is 1.68. The molecule has 1 aromatic carbocycles. The average Bonchev–Trinajstić information content (AvgIpc) is 2.46. The van der Waals surface area contributed by atoms with Crippen molar-refractivity contribution in [3.8, 4) is 5.75 Å². The first kappa shape index (κ1) is 14.7. The number of hydrogen-bond acceptors (Lipinski definition) is 5. The third-order valence-electron chi connectivity index (χ3n) is 2.59. The normalized spacial score (nSPS) is 18.3. The Morgan fingerprint density at radius 1 is 1.50 bits per heavy atom. The highest BCUT2D eigenvalue weighted by Crippen LogP contribution is 2.18.